The molecule has 4 heteroatoms. The summed E-state index contributed by atoms with van der Waals surface area (Å²) in [5.41, 5.74) is 0.939. The number of unbranched alkanes of at least 4 members (excludes halogenated alkanes) is 5. The molecular weight excluding hydrogens is 316 g/mol. The maximum absolute atomic E-state index is 12.0. The maximum atomic E-state index is 12.0. The molecule has 0 bridgehead atoms. The van der Waals surface area contributed by atoms with Crippen LogP contribution in [0, 0.1) is 0 Å². The second-order valence-electron chi connectivity index (χ2n) is 7.15. The minimum atomic E-state index is -1.81. The van der Waals surface area contributed by atoms with Gasteiger partial charge in [0.2, 0.25) is 8.32 Å². The third-order valence-electron chi connectivity index (χ3n) is 4.43. The Morgan fingerprint density at radius 1 is 0.875 bits per heavy atom. The largest absolute Gasteiger partial charge is 0.544 e. The molecule has 1 aliphatic carbocycles. The molecule has 2 rings (SSSR count). The summed E-state index contributed by atoms with van der Waals surface area (Å²) in [5, 5.41) is 0. The Hall–Kier alpha value is -1.68. The predicted molar refractivity (Wildman–Crippen MR) is 101 cm³/mol. The summed E-state index contributed by atoms with van der Waals surface area (Å²) in [5.74, 6) is 0.484. The average Bonchev–Trinajstić information content (AvgIpc) is 2.54. The van der Waals surface area contributed by atoms with Crippen LogP contribution in [0.25, 0.3) is 0 Å². The number of hydrogen-bond acceptors (Lipinski definition) is 3. The van der Waals surface area contributed by atoms with Crippen molar-refractivity contribution in [1.29, 1.82) is 0 Å². The minimum absolute atomic E-state index is 0.111. The topological polar surface area (TPSA) is 43.4 Å². The molecule has 0 saturated heterocycles. The van der Waals surface area contributed by atoms with Gasteiger partial charge in [0.15, 0.2) is 11.6 Å². The van der Waals surface area contributed by atoms with E-state index in [1.54, 1.807) is 12.1 Å². The SMILES string of the molecule is CCCCCCCC[Si](C)(C)Oc1ccc2c(c1)C(=O)C=CC2=O. The molecule has 3 nitrogen and oxygen atoms in total. The normalized spacial score (nSPS) is 14.0. The van der Waals surface area contributed by atoms with E-state index in [0.29, 0.717) is 16.9 Å². The summed E-state index contributed by atoms with van der Waals surface area (Å²) in [6.45, 7) is 6.66. The van der Waals surface area contributed by atoms with Crippen molar-refractivity contribution in [3.8, 4) is 5.75 Å². The predicted octanol–water partition coefficient (Wildman–Crippen LogP) is 5.57. The Morgan fingerprint density at radius 3 is 2.21 bits per heavy atom. The van der Waals surface area contributed by atoms with Crippen LogP contribution in [0.4, 0.5) is 0 Å². The van der Waals surface area contributed by atoms with E-state index in [2.05, 4.69) is 20.0 Å². The molecule has 24 heavy (non-hydrogen) atoms. The average molecular weight is 345 g/mol. The molecule has 0 N–H and O–H groups in total. The number of hydrogen-bond donors (Lipinski definition) is 0. The van der Waals surface area contributed by atoms with Gasteiger partial charge in [0.1, 0.15) is 5.75 Å². The van der Waals surface area contributed by atoms with Crippen LogP contribution in [0.1, 0.15) is 66.2 Å². The van der Waals surface area contributed by atoms with Gasteiger partial charge >= 0.3 is 0 Å². The smallest absolute Gasteiger partial charge is 0.245 e. The third-order valence-corrected chi connectivity index (χ3v) is 6.78. The highest BCUT2D eigenvalue weighted by atomic mass is 28.4. The highest BCUT2D eigenvalue weighted by Crippen LogP contribution is 2.26. The number of allylic oxidation sites excluding steroid dienone is 2. The fourth-order valence-corrected chi connectivity index (χ4v) is 5.01. The van der Waals surface area contributed by atoms with Crippen LogP contribution >= 0.6 is 0 Å². The van der Waals surface area contributed by atoms with Crippen molar-refractivity contribution >= 4 is 19.9 Å². The standard InChI is InChI=1S/C20H28O3Si/c1-4-5-6-7-8-9-14-24(2,3)23-16-10-11-17-18(15-16)20(22)13-12-19(17)21/h10-13,15H,4-9,14H2,1-3H3. The number of fused-ring (bicyclic) bond motifs is 1. The Balaban J connectivity index is 1.92. The van der Waals surface area contributed by atoms with Crippen LogP contribution in [-0.4, -0.2) is 19.9 Å². The van der Waals surface area contributed by atoms with E-state index in [1.807, 2.05) is 6.07 Å². The Bertz CT molecular complexity index is 632. The van der Waals surface area contributed by atoms with Gasteiger partial charge in [-0.25, -0.2) is 0 Å². The second kappa shape index (κ2) is 8.43. The van der Waals surface area contributed by atoms with E-state index in [-0.39, 0.29) is 11.6 Å². The zero-order valence-corrected chi connectivity index (χ0v) is 16.1. The first-order chi connectivity index (χ1) is 11.4. The first kappa shape index (κ1) is 18.7. The molecule has 1 aromatic carbocycles. The number of ketones is 2. The van der Waals surface area contributed by atoms with Crippen molar-refractivity contribution in [3.05, 3.63) is 41.5 Å². The molecule has 0 aromatic heterocycles. The van der Waals surface area contributed by atoms with Crippen LogP contribution in [0.2, 0.25) is 19.1 Å². The minimum Gasteiger partial charge on any atom is -0.544 e. The fourth-order valence-electron chi connectivity index (χ4n) is 3.04. The van der Waals surface area contributed by atoms with Crippen molar-refractivity contribution in [2.75, 3.05) is 0 Å². The number of rotatable bonds is 9. The summed E-state index contributed by atoms with van der Waals surface area (Å²) >= 11 is 0. The van der Waals surface area contributed by atoms with Crippen LogP contribution in [0.3, 0.4) is 0 Å². The van der Waals surface area contributed by atoms with Crippen LogP contribution < -0.4 is 4.43 Å². The van der Waals surface area contributed by atoms with Gasteiger partial charge in [-0.15, -0.1) is 0 Å². The molecule has 1 aromatic rings. The molecule has 0 saturated carbocycles. The number of benzene rings is 1. The maximum Gasteiger partial charge on any atom is 0.245 e. The molecule has 0 spiro atoms. The molecule has 0 amide bonds. The first-order valence-electron chi connectivity index (χ1n) is 9.03. The molecule has 0 unspecified atom stereocenters. The van der Waals surface area contributed by atoms with E-state index >= 15 is 0 Å². The number of carbonyl (C=O) groups excluding carboxylic acids is 2. The van der Waals surface area contributed by atoms with Gasteiger partial charge in [-0.2, -0.15) is 0 Å². The summed E-state index contributed by atoms with van der Waals surface area (Å²) in [6, 6.07) is 6.38. The van der Waals surface area contributed by atoms with Crippen LogP contribution in [-0.2, 0) is 0 Å². The molecule has 0 heterocycles. The van der Waals surface area contributed by atoms with Crippen LogP contribution in [0.15, 0.2) is 30.4 Å². The van der Waals surface area contributed by atoms with Gasteiger partial charge in [-0.1, -0.05) is 45.4 Å². The molecule has 0 aliphatic heterocycles. The summed E-state index contributed by atoms with van der Waals surface area (Å²) in [6.07, 6.45) is 10.4. The van der Waals surface area contributed by atoms with Crippen molar-refractivity contribution < 1.29 is 14.0 Å². The molecular formula is C20H28O3Si. The van der Waals surface area contributed by atoms with Gasteiger partial charge in [0.05, 0.1) is 0 Å². The van der Waals surface area contributed by atoms with Crippen molar-refractivity contribution in [2.24, 2.45) is 0 Å². The lowest BCUT2D eigenvalue weighted by atomic mass is 9.95. The zero-order valence-electron chi connectivity index (χ0n) is 15.1. The van der Waals surface area contributed by atoms with Gasteiger partial charge < -0.3 is 4.43 Å². The molecule has 1 aliphatic rings. The van der Waals surface area contributed by atoms with Gasteiger partial charge in [-0.3, -0.25) is 9.59 Å². The van der Waals surface area contributed by atoms with Crippen molar-refractivity contribution in [3.63, 3.8) is 0 Å². The summed E-state index contributed by atoms with van der Waals surface area (Å²) in [7, 11) is -1.81. The second-order valence-corrected chi connectivity index (χ2v) is 11.4. The number of carbonyl (C=O) groups is 2. The molecule has 0 radical (unpaired) electrons. The van der Waals surface area contributed by atoms with E-state index in [0.717, 1.165) is 6.04 Å². The Labute approximate surface area is 146 Å². The monoisotopic (exact) mass is 344 g/mol. The van der Waals surface area contributed by atoms with Gasteiger partial charge in [-0.05, 0) is 49.5 Å². The van der Waals surface area contributed by atoms with E-state index < -0.39 is 8.32 Å². The highest BCUT2D eigenvalue weighted by Gasteiger charge is 2.25. The van der Waals surface area contributed by atoms with Crippen LogP contribution in [0.5, 0.6) is 5.75 Å². The quantitative estimate of drug-likeness (QED) is 0.435. The van der Waals surface area contributed by atoms with Crippen molar-refractivity contribution in [1.82, 2.24) is 0 Å². The highest BCUT2D eigenvalue weighted by molar-refractivity contribution is 6.71. The molecule has 0 fully saturated rings. The lowest BCUT2D eigenvalue weighted by molar-refractivity contribution is 0.0994. The first-order valence-corrected chi connectivity index (χ1v) is 12.1. The molecule has 0 atom stereocenters. The fraction of sp³-hybridized carbons (Fsp3) is 0.500. The van der Waals surface area contributed by atoms with Gasteiger partial charge in [0, 0.05) is 11.1 Å². The summed E-state index contributed by atoms with van der Waals surface area (Å²) < 4.78 is 6.23. The van der Waals surface area contributed by atoms with Gasteiger partial charge in [0.25, 0.3) is 0 Å². The van der Waals surface area contributed by atoms with Crippen molar-refractivity contribution in [2.45, 2.75) is 64.6 Å². The summed E-state index contributed by atoms with van der Waals surface area (Å²) in [4.78, 5) is 23.8. The Kier molecular flexibility index (Phi) is 6.55. The molecule has 130 valence electrons. The Morgan fingerprint density at radius 2 is 1.50 bits per heavy atom. The van der Waals surface area contributed by atoms with E-state index in [1.165, 1.54) is 50.7 Å². The zero-order chi connectivity index (χ0) is 17.6. The van der Waals surface area contributed by atoms with E-state index in [4.69, 9.17) is 4.43 Å². The lowest BCUT2D eigenvalue weighted by Crippen LogP contribution is -2.34. The third kappa shape index (κ3) is 5.16. The van der Waals surface area contributed by atoms with E-state index in [9.17, 15) is 9.59 Å². The lowest BCUT2D eigenvalue weighted by Gasteiger charge is -2.25.